The first-order valence-electron chi connectivity index (χ1n) is 19.0. The van der Waals surface area contributed by atoms with E-state index in [-0.39, 0.29) is 35.4 Å². The van der Waals surface area contributed by atoms with E-state index in [9.17, 15) is 19.2 Å². The van der Waals surface area contributed by atoms with Crippen LogP contribution in [0.5, 0.6) is 0 Å². The molecule has 1 spiro atoms. The van der Waals surface area contributed by atoms with E-state index in [4.69, 9.17) is 9.97 Å². The molecule has 5 aromatic rings. The summed E-state index contributed by atoms with van der Waals surface area (Å²) in [4.78, 5) is 71.5. The predicted molar refractivity (Wildman–Crippen MR) is 205 cm³/mol. The summed E-state index contributed by atoms with van der Waals surface area (Å²) in [6, 6.07) is 11.4. The molecule has 4 aliphatic rings. The van der Waals surface area contributed by atoms with Gasteiger partial charge in [-0.1, -0.05) is 18.9 Å². The number of imide groups is 1. The number of carbonyl (C=O) groups is 3. The zero-order valence-corrected chi connectivity index (χ0v) is 30.9. The summed E-state index contributed by atoms with van der Waals surface area (Å²) in [5.41, 5.74) is 4.96. The van der Waals surface area contributed by atoms with Crippen molar-refractivity contribution in [2.45, 2.75) is 63.5 Å². The molecule has 0 radical (unpaired) electrons. The Morgan fingerprint density at radius 2 is 1.72 bits per heavy atom. The molecule has 3 aliphatic heterocycles. The molecule has 2 N–H and O–H groups in total. The maximum atomic E-state index is 13.4. The van der Waals surface area contributed by atoms with Crippen LogP contribution in [0.3, 0.4) is 0 Å². The lowest BCUT2D eigenvalue weighted by molar-refractivity contribution is -0.135. The van der Waals surface area contributed by atoms with E-state index in [0.717, 1.165) is 92.6 Å². The highest BCUT2D eigenvalue weighted by molar-refractivity contribution is 6.01. The Labute approximate surface area is 312 Å². The van der Waals surface area contributed by atoms with Gasteiger partial charge in [0.2, 0.25) is 17.8 Å². The third-order valence-corrected chi connectivity index (χ3v) is 12.1. The van der Waals surface area contributed by atoms with E-state index in [1.807, 2.05) is 30.5 Å². The lowest BCUT2D eigenvalue weighted by Crippen LogP contribution is -2.60. The molecular weight excluding hydrogens is 687 g/mol. The fourth-order valence-corrected chi connectivity index (χ4v) is 9.15. The van der Waals surface area contributed by atoms with Crippen LogP contribution in [0.2, 0.25) is 0 Å². The van der Waals surface area contributed by atoms with Gasteiger partial charge in [0, 0.05) is 76.8 Å². The molecule has 1 saturated carbocycles. The molecule has 280 valence electrons. The number of aromatic nitrogens is 6. The van der Waals surface area contributed by atoms with Gasteiger partial charge in [-0.3, -0.25) is 28.8 Å². The normalized spacial score (nSPS) is 20.2. The molecule has 9 rings (SSSR count). The number of amides is 3. The molecule has 54 heavy (non-hydrogen) atoms. The Morgan fingerprint density at radius 1 is 0.944 bits per heavy atom. The molecule has 4 aromatic heterocycles. The van der Waals surface area contributed by atoms with Crippen LogP contribution in [0.4, 0.5) is 23.1 Å². The molecule has 0 bridgehead atoms. The van der Waals surface area contributed by atoms with Crippen molar-refractivity contribution in [2.75, 3.05) is 55.4 Å². The van der Waals surface area contributed by atoms with Crippen LogP contribution in [0.25, 0.3) is 22.1 Å². The number of imidazole rings is 1. The van der Waals surface area contributed by atoms with E-state index in [1.54, 1.807) is 41.4 Å². The molecule has 15 heteroatoms. The highest BCUT2D eigenvalue weighted by Crippen LogP contribution is 2.45. The standard InChI is InChI=1S/C39H45N11O4/c1-45(2)36(53)30-19-24-20-41-37(44-34(24)49(30)25-7-4-5-8-25)42-31-13-11-26(21-40-31)47-17-15-39(16-18-47)22-48(23-39)27-9-6-10-28-33(27)46(3)38(54)50(28)29-12-14-32(51)43-35(29)52/h6,9-11,13,19-21,25,29H,4-5,7-8,12,14-18,22-23H2,1-3H3,(H,43,51,52)(H,40,41,42,44)/t29-/m0/s1. The van der Waals surface area contributed by atoms with E-state index in [2.05, 4.69) is 42.1 Å². The summed E-state index contributed by atoms with van der Waals surface area (Å²) in [5.74, 6) is 0.344. The van der Waals surface area contributed by atoms with Crippen molar-refractivity contribution in [3.63, 3.8) is 0 Å². The first-order valence-corrected chi connectivity index (χ1v) is 19.0. The summed E-state index contributed by atoms with van der Waals surface area (Å²) >= 11 is 0. The van der Waals surface area contributed by atoms with Gasteiger partial charge >= 0.3 is 5.69 Å². The number of carbonyl (C=O) groups excluding carboxylic acids is 3. The second kappa shape index (κ2) is 13.0. The zero-order chi connectivity index (χ0) is 37.3. The van der Waals surface area contributed by atoms with Gasteiger partial charge in [0.25, 0.3) is 5.91 Å². The van der Waals surface area contributed by atoms with Crippen molar-refractivity contribution in [1.29, 1.82) is 0 Å². The molecule has 1 aliphatic carbocycles. The Morgan fingerprint density at radius 3 is 2.43 bits per heavy atom. The maximum Gasteiger partial charge on any atom is 0.329 e. The Kier molecular flexibility index (Phi) is 8.19. The third kappa shape index (κ3) is 5.67. The van der Waals surface area contributed by atoms with Crippen molar-refractivity contribution in [3.05, 3.63) is 65.0 Å². The minimum absolute atomic E-state index is 0.0325. The first-order chi connectivity index (χ1) is 26.1. The number of anilines is 4. The number of fused-ring (bicyclic) bond motifs is 2. The van der Waals surface area contributed by atoms with Crippen molar-refractivity contribution >= 4 is 62.9 Å². The molecule has 4 fully saturated rings. The predicted octanol–water partition coefficient (Wildman–Crippen LogP) is 4.12. The lowest BCUT2D eigenvalue weighted by atomic mass is 9.71. The van der Waals surface area contributed by atoms with E-state index >= 15 is 0 Å². The Bertz CT molecular complexity index is 2350. The summed E-state index contributed by atoms with van der Waals surface area (Å²) < 4.78 is 5.30. The summed E-state index contributed by atoms with van der Waals surface area (Å²) in [7, 11) is 5.31. The average molecular weight is 732 g/mol. The molecule has 15 nitrogen and oxygen atoms in total. The second-order valence-corrected chi connectivity index (χ2v) is 15.7. The quantitative estimate of drug-likeness (QED) is 0.234. The number of rotatable bonds is 7. The fraction of sp³-hybridized carbons (Fsp3) is 0.462. The van der Waals surface area contributed by atoms with Crippen molar-refractivity contribution in [1.82, 2.24) is 38.9 Å². The molecule has 7 heterocycles. The molecule has 3 amide bonds. The van der Waals surface area contributed by atoms with Crippen molar-refractivity contribution < 1.29 is 14.4 Å². The molecule has 1 aromatic carbocycles. The van der Waals surface area contributed by atoms with Gasteiger partial charge in [0.05, 0.1) is 28.6 Å². The van der Waals surface area contributed by atoms with Gasteiger partial charge in [0.15, 0.2) is 0 Å². The largest absolute Gasteiger partial charge is 0.370 e. The number of piperidine rings is 2. The van der Waals surface area contributed by atoms with Crippen LogP contribution in [-0.2, 0) is 16.6 Å². The summed E-state index contributed by atoms with van der Waals surface area (Å²) in [6.45, 7) is 3.64. The summed E-state index contributed by atoms with van der Waals surface area (Å²) in [5, 5.41) is 6.52. The fourth-order valence-electron chi connectivity index (χ4n) is 9.15. The Hall–Kier alpha value is -5.73. The highest BCUT2D eigenvalue weighted by Gasteiger charge is 2.46. The number of hydrogen-bond donors (Lipinski definition) is 2. The number of pyridine rings is 1. The molecule has 1 atom stereocenters. The number of nitrogens with zero attached hydrogens (tertiary/aromatic N) is 9. The SMILES string of the molecule is CN(C)C(=O)c1cc2cnc(Nc3ccc(N4CCC5(CC4)CN(c4cccc6c4n(C)c(=O)n6[C@H]4CCC(=O)NC4=O)C5)cn3)nc2n1C1CCCC1. The number of para-hydroxylation sites is 1. The van der Waals surface area contributed by atoms with Crippen LogP contribution in [0.15, 0.2) is 53.6 Å². The molecular formula is C39H45N11O4. The van der Waals surface area contributed by atoms with Crippen molar-refractivity contribution in [2.24, 2.45) is 12.5 Å². The first kappa shape index (κ1) is 34.1. The van der Waals surface area contributed by atoms with Gasteiger partial charge in [0.1, 0.15) is 23.2 Å². The number of hydrogen-bond acceptors (Lipinski definition) is 10. The van der Waals surface area contributed by atoms with Gasteiger partial charge < -0.3 is 24.6 Å². The Balaban J connectivity index is 0.858. The molecule has 3 saturated heterocycles. The van der Waals surface area contributed by atoms with Crippen LogP contribution in [0, 0.1) is 5.41 Å². The minimum Gasteiger partial charge on any atom is -0.370 e. The van der Waals surface area contributed by atoms with Crippen LogP contribution in [0.1, 0.15) is 73.9 Å². The van der Waals surface area contributed by atoms with Gasteiger partial charge in [-0.05, 0) is 62.4 Å². The minimum atomic E-state index is -0.702. The van der Waals surface area contributed by atoms with Crippen LogP contribution < -0.4 is 26.1 Å². The van der Waals surface area contributed by atoms with Crippen molar-refractivity contribution in [3.8, 4) is 0 Å². The smallest absolute Gasteiger partial charge is 0.329 e. The highest BCUT2D eigenvalue weighted by atomic mass is 16.2. The maximum absolute atomic E-state index is 13.4. The summed E-state index contributed by atoms with van der Waals surface area (Å²) in [6.07, 6.45) is 10.7. The number of nitrogens with one attached hydrogen (secondary N) is 2. The topological polar surface area (TPSA) is 156 Å². The number of aryl methyl sites for hydroxylation is 1. The molecule has 0 unspecified atom stereocenters. The van der Waals surface area contributed by atoms with E-state index in [0.29, 0.717) is 29.4 Å². The van der Waals surface area contributed by atoms with Gasteiger partial charge in [-0.25, -0.2) is 14.8 Å². The van der Waals surface area contributed by atoms with Crippen LogP contribution in [-0.4, -0.2) is 91.5 Å². The average Bonchev–Trinajstić information content (AvgIpc) is 3.88. The van der Waals surface area contributed by atoms with Gasteiger partial charge in [-0.2, -0.15) is 4.98 Å². The van der Waals surface area contributed by atoms with E-state index < -0.39 is 11.9 Å². The van der Waals surface area contributed by atoms with Crippen LogP contribution >= 0.6 is 0 Å². The van der Waals surface area contributed by atoms with Gasteiger partial charge in [-0.15, -0.1) is 0 Å². The zero-order valence-electron chi connectivity index (χ0n) is 30.9. The van der Waals surface area contributed by atoms with E-state index in [1.165, 1.54) is 0 Å². The second-order valence-electron chi connectivity index (χ2n) is 15.7. The third-order valence-electron chi connectivity index (χ3n) is 12.1. The number of benzene rings is 1. The monoisotopic (exact) mass is 731 g/mol. The lowest BCUT2D eigenvalue weighted by Gasteiger charge is -2.55.